The minimum Gasteiger partial charge on any atom is -0.337 e. The van der Waals surface area contributed by atoms with Crippen molar-refractivity contribution < 1.29 is 9.32 Å². The lowest BCUT2D eigenvalue weighted by atomic mass is 10.1. The summed E-state index contributed by atoms with van der Waals surface area (Å²) in [4.78, 5) is 19.9. The highest BCUT2D eigenvalue weighted by molar-refractivity contribution is 7.09. The molecule has 4 aromatic rings. The van der Waals surface area contributed by atoms with Crippen molar-refractivity contribution >= 4 is 28.1 Å². The van der Waals surface area contributed by atoms with Gasteiger partial charge < -0.3 is 9.42 Å². The number of likely N-dealkylation sites (tertiary alicyclic amines) is 1. The summed E-state index contributed by atoms with van der Waals surface area (Å²) < 4.78 is 5.43. The molecule has 1 unspecified atom stereocenters. The van der Waals surface area contributed by atoms with Gasteiger partial charge in [-0.3, -0.25) is 9.89 Å². The van der Waals surface area contributed by atoms with Crippen LogP contribution in [0.1, 0.15) is 23.0 Å². The number of rotatable bonds is 4. The van der Waals surface area contributed by atoms with Gasteiger partial charge in [0.05, 0.1) is 12.1 Å². The van der Waals surface area contributed by atoms with Crippen LogP contribution >= 0.6 is 11.3 Å². The third-order valence-corrected chi connectivity index (χ3v) is 5.48. The number of H-pyrrole nitrogens is 1. The molecule has 0 bridgehead atoms. The van der Waals surface area contributed by atoms with Crippen LogP contribution in [-0.4, -0.2) is 37.7 Å². The molecule has 1 aliphatic heterocycles. The average Bonchev–Trinajstić information content (AvgIpc) is 3.42. The molecular weight excluding hydrogens is 350 g/mol. The molecule has 26 heavy (non-hydrogen) atoms. The van der Waals surface area contributed by atoms with Crippen molar-refractivity contribution in [2.75, 3.05) is 6.54 Å². The van der Waals surface area contributed by atoms with E-state index in [0.717, 1.165) is 10.9 Å². The summed E-state index contributed by atoms with van der Waals surface area (Å²) in [5.41, 5.74) is 1.56. The van der Waals surface area contributed by atoms with Crippen LogP contribution in [0.3, 0.4) is 0 Å². The fraction of sp³-hybridized carbons (Fsp3) is 0.222. The van der Waals surface area contributed by atoms with Gasteiger partial charge in [-0.05, 0) is 17.5 Å². The number of fused-ring (bicyclic) bond motifs is 1. The van der Waals surface area contributed by atoms with E-state index in [1.807, 2.05) is 46.7 Å². The quantitative estimate of drug-likeness (QED) is 0.600. The second kappa shape index (κ2) is 6.06. The van der Waals surface area contributed by atoms with Crippen molar-refractivity contribution in [1.82, 2.24) is 25.2 Å². The zero-order chi connectivity index (χ0) is 17.5. The zero-order valence-corrected chi connectivity index (χ0v) is 14.6. The lowest BCUT2D eigenvalue weighted by Gasteiger charge is -2.14. The van der Waals surface area contributed by atoms with E-state index >= 15 is 0 Å². The highest BCUT2D eigenvalue weighted by Crippen LogP contribution is 2.31. The molecular formula is C18H15N5O2S. The number of aromatic nitrogens is 4. The standard InChI is InChI=1S/C18H15N5O2S/c24-15-8-11(9-23(15)10-12-4-3-7-26-12)17-19-18(25-22-17)16-13-5-1-2-6-14(13)20-21-16/h1-7,11H,8-10H2,(H,20,21). The van der Waals surface area contributed by atoms with Crippen LogP contribution in [0.2, 0.25) is 0 Å². The second-order valence-electron chi connectivity index (χ2n) is 6.33. The monoisotopic (exact) mass is 365 g/mol. The number of hydrogen-bond acceptors (Lipinski definition) is 6. The largest absolute Gasteiger partial charge is 0.337 e. The molecule has 4 heterocycles. The van der Waals surface area contributed by atoms with E-state index in [1.165, 1.54) is 4.88 Å². The van der Waals surface area contributed by atoms with Crippen LogP contribution in [0.25, 0.3) is 22.5 Å². The number of hydrogen-bond donors (Lipinski definition) is 1. The number of para-hydroxylation sites is 1. The summed E-state index contributed by atoms with van der Waals surface area (Å²) in [5, 5.41) is 14.3. The Labute approximate surface area is 152 Å². The summed E-state index contributed by atoms with van der Waals surface area (Å²) in [5.74, 6) is 1.01. The fourth-order valence-electron chi connectivity index (χ4n) is 3.31. The van der Waals surface area contributed by atoms with Crippen molar-refractivity contribution in [1.29, 1.82) is 0 Å². The van der Waals surface area contributed by atoms with Gasteiger partial charge in [0, 0.05) is 29.1 Å². The molecule has 1 atom stereocenters. The Hall–Kier alpha value is -3.00. The van der Waals surface area contributed by atoms with Gasteiger partial charge in [-0.1, -0.05) is 29.4 Å². The summed E-state index contributed by atoms with van der Waals surface area (Å²) in [6.07, 6.45) is 0.408. The number of thiophene rings is 1. The molecule has 1 N–H and O–H groups in total. The maximum Gasteiger partial charge on any atom is 0.279 e. The normalized spacial score (nSPS) is 17.5. The molecule has 0 spiro atoms. The van der Waals surface area contributed by atoms with Gasteiger partial charge in [-0.2, -0.15) is 10.1 Å². The predicted octanol–water partition coefficient (Wildman–Crippen LogP) is 3.19. The summed E-state index contributed by atoms with van der Waals surface area (Å²) in [7, 11) is 0. The van der Waals surface area contributed by atoms with Crippen LogP contribution in [0, 0.1) is 0 Å². The van der Waals surface area contributed by atoms with Crippen LogP contribution in [-0.2, 0) is 11.3 Å². The summed E-state index contributed by atoms with van der Waals surface area (Å²) in [6, 6.07) is 11.8. The number of carbonyl (C=O) groups excluding carboxylic acids is 1. The molecule has 3 aromatic heterocycles. The maximum absolute atomic E-state index is 12.3. The van der Waals surface area contributed by atoms with Gasteiger partial charge in [0.25, 0.3) is 5.89 Å². The first kappa shape index (κ1) is 15.3. The Morgan fingerprint density at radius 2 is 2.19 bits per heavy atom. The Kier molecular flexibility index (Phi) is 3.56. The number of nitrogens with one attached hydrogen (secondary N) is 1. The number of aromatic amines is 1. The molecule has 5 rings (SSSR count). The van der Waals surface area contributed by atoms with Crippen LogP contribution < -0.4 is 0 Å². The van der Waals surface area contributed by atoms with Gasteiger partial charge in [0.1, 0.15) is 0 Å². The Morgan fingerprint density at radius 3 is 3.08 bits per heavy atom. The van der Waals surface area contributed by atoms with Gasteiger partial charge in [0.15, 0.2) is 11.5 Å². The number of carbonyl (C=O) groups is 1. The van der Waals surface area contributed by atoms with Crippen LogP contribution in [0.4, 0.5) is 0 Å². The molecule has 1 fully saturated rings. The Morgan fingerprint density at radius 1 is 1.27 bits per heavy atom. The first-order chi connectivity index (χ1) is 12.8. The van der Waals surface area contributed by atoms with E-state index < -0.39 is 0 Å². The molecule has 1 aliphatic rings. The molecule has 130 valence electrons. The Bertz CT molecular complexity index is 1070. The van der Waals surface area contributed by atoms with E-state index in [2.05, 4.69) is 20.3 Å². The maximum atomic E-state index is 12.3. The number of nitrogens with zero attached hydrogens (tertiary/aromatic N) is 4. The van der Waals surface area contributed by atoms with Crippen LogP contribution in [0.5, 0.6) is 0 Å². The number of benzene rings is 1. The predicted molar refractivity (Wildman–Crippen MR) is 96.5 cm³/mol. The molecule has 7 nitrogen and oxygen atoms in total. The van der Waals surface area contributed by atoms with Gasteiger partial charge in [0.2, 0.25) is 5.91 Å². The third kappa shape index (κ3) is 2.59. The van der Waals surface area contributed by atoms with Gasteiger partial charge in [-0.25, -0.2) is 0 Å². The number of amides is 1. The zero-order valence-electron chi connectivity index (χ0n) is 13.8. The van der Waals surface area contributed by atoms with Crippen molar-refractivity contribution in [2.45, 2.75) is 18.9 Å². The Balaban J connectivity index is 1.38. The topological polar surface area (TPSA) is 87.9 Å². The van der Waals surface area contributed by atoms with Gasteiger partial charge >= 0.3 is 0 Å². The summed E-state index contributed by atoms with van der Waals surface area (Å²) in [6.45, 7) is 1.25. The molecule has 0 saturated carbocycles. The van der Waals surface area contributed by atoms with Gasteiger partial charge in [-0.15, -0.1) is 11.3 Å². The molecule has 1 saturated heterocycles. The summed E-state index contributed by atoms with van der Waals surface area (Å²) >= 11 is 1.66. The SMILES string of the molecule is O=C1CC(c2noc(-c3n[nH]c4ccccc34)n2)CN1Cc1cccs1. The lowest BCUT2D eigenvalue weighted by molar-refractivity contribution is -0.128. The smallest absolute Gasteiger partial charge is 0.279 e. The minimum atomic E-state index is -0.0508. The van der Waals surface area contributed by atoms with Crippen LogP contribution in [0.15, 0.2) is 46.3 Å². The van der Waals surface area contributed by atoms with E-state index in [4.69, 9.17) is 4.52 Å². The molecule has 1 amide bonds. The average molecular weight is 365 g/mol. The molecule has 0 aliphatic carbocycles. The third-order valence-electron chi connectivity index (χ3n) is 4.62. The highest BCUT2D eigenvalue weighted by Gasteiger charge is 2.34. The van der Waals surface area contributed by atoms with E-state index in [0.29, 0.717) is 36.9 Å². The second-order valence-corrected chi connectivity index (χ2v) is 7.36. The lowest BCUT2D eigenvalue weighted by Crippen LogP contribution is -2.23. The van der Waals surface area contributed by atoms with Crippen molar-refractivity contribution in [3.63, 3.8) is 0 Å². The molecule has 8 heteroatoms. The van der Waals surface area contributed by atoms with Crippen molar-refractivity contribution in [3.8, 4) is 11.6 Å². The highest BCUT2D eigenvalue weighted by atomic mass is 32.1. The van der Waals surface area contributed by atoms with E-state index in [-0.39, 0.29) is 11.8 Å². The fourth-order valence-corrected chi connectivity index (χ4v) is 4.03. The minimum absolute atomic E-state index is 0.0508. The van der Waals surface area contributed by atoms with Crippen molar-refractivity contribution in [3.05, 3.63) is 52.5 Å². The first-order valence-electron chi connectivity index (χ1n) is 8.35. The first-order valence-corrected chi connectivity index (χ1v) is 9.23. The molecule has 0 radical (unpaired) electrons. The molecule has 1 aromatic carbocycles. The van der Waals surface area contributed by atoms with Crippen molar-refractivity contribution in [2.24, 2.45) is 0 Å². The van der Waals surface area contributed by atoms with E-state index in [1.54, 1.807) is 11.3 Å². The van der Waals surface area contributed by atoms with E-state index in [9.17, 15) is 4.79 Å².